The Morgan fingerprint density at radius 3 is 2.52 bits per heavy atom. The Morgan fingerprint density at radius 1 is 1.24 bits per heavy atom. The minimum atomic E-state index is -0.609. The van der Waals surface area contributed by atoms with E-state index in [1.165, 1.54) is 24.8 Å². The van der Waals surface area contributed by atoms with Crippen molar-refractivity contribution in [3.63, 3.8) is 0 Å². The standard InChI is InChI=1S/C17H18N4O4/c1-25-17(22)14-2-3-15(21(23)24)16(19-14)20-10-6-13(7-11-20)12-4-8-18-9-5-12/h2-5,8-9,13H,6-7,10-11H2,1H3. The molecule has 3 heterocycles. The van der Waals surface area contributed by atoms with E-state index in [0.29, 0.717) is 19.0 Å². The number of piperidine rings is 1. The van der Waals surface area contributed by atoms with Crippen molar-refractivity contribution >= 4 is 17.5 Å². The largest absolute Gasteiger partial charge is 0.464 e. The lowest BCUT2D eigenvalue weighted by molar-refractivity contribution is -0.384. The Balaban J connectivity index is 1.82. The molecule has 0 saturated carbocycles. The van der Waals surface area contributed by atoms with Crippen molar-refractivity contribution in [2.75, 3.05) is 25.1 Å². The fourth-order valence-corrected chi connectivity index (χ4v) is 3.09. The van der Waals surface area contributed by atoms with E-state index in [-0.39, 0.29) is 17.2 Å². The summed E-state index contributed by atoms with van der Waals surface area (Å²) in [7, 11) is 1.26. The number of nitro groups is 1. The maximum Gasteiger partial charge on any atom is 0.356 e. The predicted octanol–water partition coefficient (Wildman–Crippen LogP) is 2.56. The Bertz CT molecular complexity index is 773. The summed E-state index contributed by atoms with van der Waals surface area (Å²) in [5.41, 5.74) is 1.19. The number of esters is 1. The second kappa shape index (κ2) is 7.25. The molecule has 1 aliphatic rings. The van der Waals surface area contributed by atoms with Crippen LogP contribution in [0.25, 0.3) is 0 Å². The van der Waals surface area contributed by atoms with Gasteiger partial charge in [-0.2, -0.15) is 0 Å². The quantitative estimate of drug-likeness (QED) is 0.478. The summed E-state index contributed by atoms with van der Waals surface area (Å²) in [6.45, 7) is 1.26. The van der Waals surface area contributed by atoms with E-state index in [9.17, 15) is 14.9 Å². The number of pyridine rings is 2. The van der Waals surface area contributed by atoms with Crippen molar-refractivity contribution < 1.29 is 14.5 Å². The smallest absolute Gasteiger partial charge is 0.356 e. The maximum atomic E-state index is 11.7. The van der Waals surface area contributed by atoms with Gasteiger partial charge in [0.25, 0.3) is 0 Å². The van der Waals surface area contributed by atoms with Crippen LogP contribution in [0.3, 0.4) is 0 Å². The normalized spacial score (nSPS) is 15.0. The zero-order valence-electron chi connectivity index (χ0n) is 13.8. The second-order valence-electron chi connectivity index (χ2n) is 5.83. The van der Waals surface area contributed by atoms with Gasteiger partial charge in [-0.3, -0.25) is 15.1 Å². The van der Waals surface area contributed by atoms with E-state index < -0.39 is 10.9 Å². The van der Waals surface area contributed by atoms with Crippen molar-refractivity contribution in [2.45, 2.75) is 18.8 Å². The SMILES string of the molecule is COC(=O)c1ccc([N+](=O)[O-])c(N2CCC(c3ccncc3)CC2)n1. The molecule has 0 atom stereocenters. The fourth-order valence-electron chi connectivity index (χ4n) is 3.09. The van der Waals surface area contributed by atoms with Crippen LogP contribution in [-0.2, 0) is 4.74 Å². The zero-order valence-corrected chi connectivity index (χ0v) is 13.8. The number of ether oxygens (including phenoxy) is 1. The summed E-state index contributed by atoms with van der Waals surface area (Å²) in [5, 5.41) is 11.3. The Morgan fingerprint density at radius 2 is 1.92 bits per heavy atom. The maximum absolute atomic E-state index is 11.7. The summed E-state index contributed by atoms with van der Waals surface area (Å²) >= 11 is 0. The molecule has 3 rings (SSSR count). The van der Waals surface area contributed by atoms with Crippen molar-refractivity contribution in [2.24, 2.45) is 0 Å². The number of methoxy groups -OCH3 is 1. The first kappa shape index (κ1) is 16.8. The number of carbonyl (C=O) groups is 1. The highest BCUT2D eigenvalue weighted by molar-refractivity contribution is 5.88. The van der Waals surface area contributed by atoms with Gasteiger partial charge in [0, 0.05) is 31.5 Å². The van der Waals surface area contributed by atoms with E-state index >= 15 is 0 Å². The molecule has 1 saturated heterocycles. The highest BCUT2D eigenvalue weighted by atomic mass is 16.6. The molecule has 0 spiro atoms. The van der Waals surface area contributed by atoms with Gasteiger partial charge in [0.1, 0.15) is 0 Å². The van der Waals surface area contributed by atoms with Gasteiger partial charge in [-0.1, -0.05) is 0 Å². The van der Waals surface area contributed by atoms with Crippen LogP contribution in [0.4, 0.5) is 11.5 Å². The first-order valence-corrected chi connectivity index (χ1v) is 7.98. The number of carbonyl (C=O) groups excluding carboxylic acids is 1. The van der Waals surface area contributed by atoms with Gasteiger partial charge < -0.3 is 9.64 Å². The molecule has 130 valence electrons. The fraction of sp³-hybridized carbons (Fsp3) is 0.353. The van der Waals surface area contributed by atoms with Crippen LogP contribution in [-0.4, -0.2) is 41.1 Å². The van der Waals surface area contributed by atoms with E-state index in [1.807, 2.05) is 17.0 Å². The van der Waals surface area contributed by atoms with Crippen LogP contribution in [0.5, 0.6) is 0 Å². The second-order valence-corrected chi connectivity index (χ2v) is 5.83. The van der Waals surface area contributed by atoms with Crippen molar-refractivity contribution in [3.8, 4) is 0 Å². The van der Waals surface area contributed by atoms with Gasteiger partial charge in [0.15, 0.2) is 5.69 Å². The van der Waals surface area contributed by atoms with Crippen LogP contribution in [0.2, 0.25) is 0 Å². The molecular formula is C17H18N4O4. The highest BCUT2D eigenvalue weighted by Gasteiger charge is 2.28. The van der Waals surface area contributed by atoms with Crippen LogP contribution in [0.1, 0.15) is 34.8 Å². The summed E-state index contributed by atoms with van der Waals surface area (Å²) in [6, 6.07) is 6.62. The molecule has 1 fully saturated rings. The van der Waals surface area contributed by atoms with Crippen LogP contribution < -0.4 is 4.90 Å². The number of anilines is 1. The molecule has 25 heavy (non-hydrogen) atoms. The molecule has 2 aromatic rings. The minimum Gasteiger partial charge on any atom is -0.464 e. The van der Waals surface area contributed by atoms with Crippen LogP contribution >= 0.6 is 0 Å². The monoisotopic (exact) mass is 342 g/mol. The van der Waals surface area contributed by atoms with Gasteiger partial charge in [0.2, 0.25) is 5.82 Å². The minimum absolute atomic E-state index is 0.0688. The summed E-state index contributed by atoms with van der Waals surface area (Å²) in [4.78, 5) is 32.6. The van der Waals surface area contributed by atoms with Crippen molar-refractivity contribution in [1.29, 1.82) is 0 Å². The molecule has 0 aromatic carbocycles. The first-order chi connectivity index (χ1) is 12.1. The number of nitrogens with zero attached hydrogens (tertiary/aromatic N) is 4. The summed E-state index contributed by atoms with van der Waals surface area (Å²) < 4.78 is 4.66. The molecule has 0 radical (unpaired) electrons. The molecule has 0 aliphatic carbocycles. The predicted molar refractivity (Wildman–Crippen MR) is 90.7 cm³/mol. The summed E-state index contributed by atoms with van der Waals surface area (Å²) in [6.07, 6.45) is 5.25. The lowest BCUT2D eigenvalue weighted by atomic mass is 9.90. The first-order valence-electron chi connectivity index (χ1n) is 7.98. The third-order valence-electron chi connectivity index (χ3n) is 4.42. The molecular weight excluding hydrogens is 324 g/mol. The lowest BCUT2D eigenvalue weighted by Gasteiger charge is -2.32. The number of rotatable bonds is 4. The van der Waals surface area contributed by atoms with Gasteiger partial charge in [0.05, 0.1) is 12.0 Å². The topological polar surface area (TPSA) is 98.5 Å². The molecule has 0 N–H and O–H groups in total. The van der Waals surface area contributed by atoms with E-state index in [1.54, 1.807) is 12.4 Å². The van der Waals surface area contributed by atoms with Crippen molar-refractivity contribution in [3.05, 3.63) is 58.0 Å². The summed E-state index contributed by atoms with van der Waals surface area (Å²) in [5.74, 6) is 0.00555. The van der Waals surface area contributed by atoms with E-state index in [0.717, 1.165) is 12.8 Å². The number of hydrogen-bond acceptors (Lipinski definition) is 7. The molecule has 0 unspecified atom stereocenters. The Kier molecular flexibility index (Phi) is 4.87. The third-order valence-corrected chi connectivity index (χ3v) is 4.42. The van der Waals surface area contributed by atoms with Crippen molar-refractivity contribution in [1.82, 2.24) is 9.97 Å². The molecule has 8 nitrogen and oxygen atoms in total. The van der Waals surface area contributed by atoms with Gasteiger partial charge >= 0.3 is 11.7 Å². The Labute approximate surface area is 144 Å². The van der Waals surface area contributed by atoms with E-state index in [4.69, 9.17) is 0 Å². The molecule has 2 aromatic heterocycles. The number of hydrogen-bond donors (Lipinski definition) is 0. The van der Waals surface area contributed by atoms with Gasteiger partial charge in [-0.25, -0.2) is 9.78 Å². The van der Waals surface area contributed by atoms with Crippen LogP contribution in [0.15, 0.2) is 36.7 Å². The van der Waals surface area contributed by atoms with Crippen LogP contribution in [0, 0.1) is 10.1 Å². The average Bonchev–Trinajstić information content (AvgIpc) is 2.67. The highest BCUT2D eigenvalue weighted by Crippen LogP contribution is 2.33. The lowest BCUT2D eigenvalue weighted by Crippen LogP contribution is -2.34. The molecule has 0 amide bonds. The molecule has 8 heteroatoms. The Hall–Kier alpha value is -3.03. The molecule has 1 aliphatic heterocycles. The zero-order chi connectivity index (χ0) is 17.8. The average molecular weight is 342 g/mol. The van der Waals surface area contributed by atoms with Gasteiger partial charge in [-0.15, -0.1) is 0 Å². The van der Waals surface area contributed by atoms with Gasteiger partial charge in [-0.05, 0) is 42.5 Å². The van der Waals surface area contributed by atoms with E-state index in [2.05, 4.69) is 14.7 Å². The number of aromatic nitrogens is 2. The molecule has 0 bridgehead atoms. The third kappa shape index (κ3) is 3.57.